The SMILES string of the molecule is O=[N+]([O-])c1cc(F)cc(F)c1NS(=O)(=O)CCl. The van der Waals surface area contributed by atoms with Crippen molar-refractivity contribution in [3.05, 3.63) is 33.9 Å². The number of alkyl halides is 1. The Hall–Kier alpha value is -1.48. The molecule has 1 rings (SSSR count). The first-order valence-corrected chi connectivity index (χ1v) is 6.15. The topological polar surface area (TPSA) is 89.3 Å². The van der Waals surface area contributed by atoms with Crippen molar-refractivity contribution in [3.63, 3.8) is 0 Å². The molecule has 0 spiro atoms. The molecule has 0 bridgehead atoms. The van der Waals surface area contributed by atoms with Crippen molar-refractivity contribution in [1.82, 2.24) is 0 Å². The molecule has 0 aromatic heterocycles. The van der Waals surface area contributed by atoms with Crippen molar-refractivity contribution in [3.8, 4) is 0 Å². The van der Waals surface area contributed by atoms with Gasteiger partial charge in [-0.25, -0.2) is 17.2 Å². The van der Waals surface area contributed by atoms with Crippen molar-refractivity contribution in [2.75, 3.05) is 9.93 Å². The molecule has 0 heterocycles. The van der Waals surface area contributed by atoms with E-state index in [1.54, 1.807) is 4.72 Å². The van der Waals surface area contributed by atoms with E-state index in [0.717, 1.165) is 0 Å². The van der Waals surface area contributed by atoms with Crippen molar-refractivity contribution in [1.29, 1.82) is 0 Å². The highest BCUT2D eigenvalue weighted by Gasteiger charge is 2.24. The average Bonchev–Trinajstić information content (AvgIpc) is 2.21. The summed E-state index contributed by atoms with van der Waals surface area (Å²) in [7, 11) is -4.12. The first-order chi connectivity index (χ1) is 7.76. The molecule has 0 fully saturated rings. The molecular formula is C7H5ClF2N2O4S. The largest absolute Gasteiger partial charge is 0.299 e. The summed E-state index contributed by atoms with van der Waals surface area (Å²) >= 11 is 5.04. The predicted molar refractivity (Wildman–Crippen MR) is 56.3 cm³/mol. The zero-order chi connectivity index (χ0) is 13.2. The fourth-order valence-corrected chi connectivity index (χ4v) is 1.72. The number of benzene rings is 1. The van der Waals surface area contributed by atoms with E-state index in [-0.39, 0.29) is 0 Å². The summed E-state index contributed by atoms with van der Waals surface area (Å²) in [5.74, 6) is -2.59. The molecule has 1 aromatic rings. The number of anilines is 1. The number of rotatable bonds is 4. The Morgan fingerprint density at radius 1 is 1.41 bits per heavy atom. The summed E-state index contributed by atoms with van der Waals surface area (Å²) in [6, 6.07) is 0.717. The van der Waals surface area contributed by atoms with Gasteiger partial charge in [0.05, 0.1) is 11.0 Å². The van der Waals surface area contributed by atoms with Gasteiger partial charge in [0.1, 0.15) is 11.0 Å². The molecule has 17 heavy (non-hydrogen) atoms. The van der Waals surface area contributed by atoms with Crippen molar-refractivity contribution >= 4 is 33.0 Å². The fourth-order valence-electron chi connectivity index (χ4n) is 0.988. The number of halogens is 3. The maximum Gasteiger partial charge on any atom is 0.299 e. The number of nitrogens with one attached hydrogen (secondary N) is 1. The Balaban J connectivity index is 3.37. The molecule has 6 nitrogen and oxygen atoms in total. The zero-order valence-corrected chi connectivity index (χ0v) is 9.56. The molecule has 0 saturated carbocycles. The van der Waals surface area contributed by atoms with Crippen LogP contribution in [0.2, 0.25) is 0 Å². The van der Waals surface area contributed by atoms with Gasteiger partial charge in [-0.05, 0) is 0 Å². The summed E-state index contributed by atoms with van der Waals surface area (Å²) in [5.41, 5.74) is -1.98. The van der Waals surface area contributed by atoms with Gasteiger partial charge in [-0.1, -0.05) is 0 Å². The standard InChI is InChI=1S/C7H5ClF2N2O4S/c8-3-17(15,16)11-7-5(10)1-4(9)2-6(7)12(13)14/h1-2,11H,3H2. The second-order valence-electron chi connectivity index (χ2n) is 2.86. The van der Waals surface area contributed by atoms with Gasteiger partial charge in [0, 0.05) is 6.07 Å². The molecule has 94 valence electrons. The molecule has 0 aliphatic rings. The first-order valence-electron chi connectivity index (χ1n) is 3.96. The van der Waals surface area contributed by atoms with Crippen molar-refractivity contribution in [2.45, 2.75) is 0 Å². The number of nitro groups is 1. The maximum atomic E-state index is 13.2. The van der Waals surface area contributed by atoms with Crippen molar-refractivity contribution in [2.24, 2.45) is 0 Å². The van der Waals surface area contributed by atoms with Gasteiger partial charge < -0.3 is 0 Å². The second-order valence-corrected chi connectivity index (χ2v) is 5.17. The summed E-state index contributed by atoms with van der Waals surface area (Å²) in [6.45, 7) is 0. The van der Waals surface area contributed by atoms with E-state index in [1.807, 2.05) is 0 Å². The molecule has 0 aliphatic heterocycles. The highest BCUT2D eigenvalue weighted by molar-refractivity contribution is 7.93. The van der Waals surface area contributed by atoms with Crippen LogP contribution >= 0.6 is 11.6 Å². The van der Waals surface area contributed by atoms with E-state index in [9.17, 15) is 27.3 Å². The molecule has 0 atom stereocenters. The lowest BCUT2D eigenvalue weighted by Crippen LogP contribution is -2.16. The van der Waals surface area contributed by atoms with Gasteiger partial charge >= 0.3 is 0 Å². The lowest BCUT2D eigenvalue weighted by molar-refractivity contribution is -0.384. The monoisotopic (exact) mass is 286 g/mol. The Morgan fingerprint density at radius 3 is 2.47 bits per heavy atom. The van der Waals surface area contributed by atoms with E-state index in [2.05, 4.69) is 0 Å². The third-order valence-corrected chi connectivity index (χ3v) is 3.30. The van der Waals surface area contributed by atoms with Crippen molar-refractivity contribution < 1.29 is 22.1 Å². The summed E-state index contributed by atoms with van der Waals surface area (Å²) < 4.78 is 49.6. The molecule has 0 amide bonds. The minimum Gasteiger partial charge on any atom is -0.274 e. The summed E-state index contributed by atoms with van der Waals surface area (Å²) in [6.07, 6.45) is 0. The second kappa shape index (κ2) is 4.80. The average molecular weight is 287 g/mol. The van der Waals surface area contributed by atoms with Gasteiger partial charge in [-0.2, -0.15) is 0 Å². The molecule has 10 heteroatoms. The number of nitrogens with zero attached hydrogens (tertiary/aromatic N) is 1. The smallest absolute Gasteiger partial charge is 0.274 e. The van der Waals surface area contributed by atoms with Gasteiger partial charge in [0.25, 0.3) is 5.69 Å². The molecule has 0 saturated heterocycles. The van der Waals surface area contributed by atoms with Gasteiger partial charge in [-0.3, -0.25) is 14.8 Å². The Kier molecular flexibility index (Phi) is 3.83. The highest BCUT2D eigenvalue weighted by Crippen LogP contribution is 2.29. The minimum absolute atomic E-state index is 0.319. The molecular weight excluding hydrogens is 282 g/mol. The van der Waals surface area contributed by atoms with Gasteiger partial charge in [0.2, 0.25) is 10.0 Å². The van der Waals surface area contributed by atoms with E-state index in [1.165, 1.54) is 0 Å². The molecule has 1 N–H and O–H groups in total. The Bertz CT molecular complexity index is 563. The van der Waals surface area contributed by atoms with Crippen LogP contribution in [0.5, 0.6) is 0 Å². The molecule has 0 unspecified atom stereocenters. The predicted octanol–water partition coefficient (Wildman–Crippen LogP) is 1.81. The lowest BCUT2D eigenvalue weighted by atomic mass is 10.2. The third kappa shape index (κ3) is 3.24. The minimum atomic E-state index is -4.12. The van der Waals surface area contributed by atoms with Crippen LogP contribution in [0.25, 0.3) is 0 Å². The van der Waals surface area contributed by atoms with Gasteiger partial charge in [0.15, 0.2) is 11.5 Å². The highest BCUT2D eigenvalue weighted by atomic mass is 35.5. The first kappa shape index (κ1) is 13.6. The lowest BCUT2D eigenvalue weighted by Gasteiger charge is -2.07. The fraction of sp³-hybridized carbons (Fsp3) is 0.143. The van der Waals surface area contributed by atoms with Crippen LogP contribution in [0.1, 0.15) is 0 Å². The number of nitro benzene ring substituents is 1. The molecule has 1 aromatic carbocycles. The van der Waals surface area contributed by atoms with Crippen LogP contribution < -0.4 is 4.72 Å². The van der Waals surface area contributed by atoms with E-state index < -0.39 is 43.2 Å². The third-order valence-electron chi connectivity index (χ3n) is 1.63. The Morgan fingerprint density at radius 2 is 2.00 bits per heavy atom. The molecule has 0 aliphatic carbocycles. The van der Waals surface area contributed by atoms with E-state index >= 15 is 0 Å². The summed E-state index contributed by atoms with van der Waals surface area (Å²) in [4.78, 5) is 9.39. The van der Waals surface area contributed by atoms with Crippen LogP contribution in [0.4, 0.5) is 20.2 Å². The quantitative estimate of drug-likeness (QED) is 0.519. The van der Waals surface area contributed by atoms with E-state index in [4.69, 9.17) is 11.6 Å². The number of hydrogen-bond donors (Lipinski definition) is 1. The van der Waals surface area contributed by atoms with Gasteiger partial charge in [-0.15, -0.1) is 11.6 Å². The summed E-state index contributed by atoms with van der Waals surface area (Å²) in [5, 5.41) is 9.59. The Labute approximate surface area is 99.4 Å². The van der Waals surface area contributed by atoms with Crippen LogP contribution in [0, 0.1) is 21.7 Å². The van der Waals surface area contributed by atoms with Crippen LogP contribution in [-0.4, -0.2) is 18.6 Å². The molecule has 0 radical (unpaired) electrons. The number of hydrogen-bond acceptors (Lipinski definition) is 4. The van der Waals surface area contributed by atoms with Crippen LogP contribution in [0.3, 0.4) is 0 Å². The maximum absolute atomic E-state index is 13.2. The van der Waals surface area contributed by atoms with Crippen LogP contribution in [-0.2, 0) is 10.0 Å². The van der Waals surface area contributed by atoms with E-state index in [0.29, 0.717) is 12.1 Å². The normalized spacial score (nSPS) is 11.2. The number of sulfonamides is 1. The zero-order valence-electron chi connectivity index (χ0n) is 7.98. The van der Waals surface area contributed by atoms with Crippen LogP contribution in [0.15, 0.2) is 12.1 Å².